The van der Waals surface area contributed by atoms with Crippen molar-refractivity contribution in [1.82, 2.24) is 19.6 Å². The van der Waals surface area contributed by atoms with Crippen LogP contribution in [0.1, 0.15) is 37.4 Å². The summed E-state index contributed by atoms with van der Waals surface area (Å²) in [5.74, 6) is -0.442. The molecule has 1 saturated heterocycles. The largest absolute Gasteiger partial charge is 0.416 e. The zero-order chi connectivity index (χ0) is 25.0. The summed E-state index contributed by atoms with van der Waals surface area (Å²) in [7, 11) is 0. The Balaban J connectivity index is 1.41. The first-order valence-corrected chi connectivity index (χ1v) is 12.0. The number of nitrogens with one attached hydrogen (secondary N) is 1. The first-order chi connectivity index (χ1) is 16.7. The van der Waals surface area contributed by atoms with Crippen molar-refractivity contribution in [3.63, 3.8) is 0 Å². The first kappa shape index (κ1) is 25.1. The Bertz CT molecular complexity index is 1160. The standard InChI is InChI=1S/C25H24F4N4OS/c1-2-20-9-12-23(33(20)35-21-10-7-18(26)8-11-21)24(34)30-14-19-13-22(32-15-31-19)16-3-5-17(6-4-16)25(27,28)29/h3-8,10-11,13,15,20,23H,2,9,12,14H2,1H3,(H,30,34)/t20-,23?/m1/s1. The van der Waals surface area contributed by atoms with Gasteiger partial charge in [0.15, 0.2) is 0 Å². The summed E-state index contributed by atoms with van der Waals surface area (Å²) in [4.78, 5) is 22.2. The van der Waals surface area contributed by atoms with Gasteiger partial charge in [0.05, 0.1) is 29.5 Å². The third-order valence-corrected chi connectivity index (χ3v) is 7.16. The van der Waals surface area contributed by atoms with Crippen molar-refractivity contribution in [3.8, 4) is 11.3 Å². The fourth-order valence-electron chi connectivity index (χ4n) is 4.02. The number of rotatable bonds is 7. The summed E-state index contributed by atoms with van der Waals surface area (Å²) >= 11 is 1.45. The molecule has 2 aromatic carbocycles. The van der Waals surface area contributed by atoms with E-state index in [-0.39, 0.29) is 30.4 Å². The molecule has 0 bridgehead atoms. The molecule has 1 unspecified atom stereocenters. The van der Waals surface area contributed by atoms with E-state index in [1.165, 1.54) is 42.5 Å². The molecule has 0 aliphatic carbocycles. The topological polar surface area (TPSA) is 58.1 Å². The molecule has 3 aromatic rings. The number of hydrogen-bond acceptors (Lipinski definition) is 5. The second-order valence-corrected chi connectivity index (χ2v) is 9.32. The van der Waals surface area contributed by atoms with Gasteiger partial charge in [-0.05, 0) is 73.7 Å². The average molecular weight is 505 g/mol. The van der Waals surface area contributed by atoms with Crippen LogP contribution in [0.3, 0.4) is 0 Å². The van der Waals surface area contributed by atoms with E-state index < -0.39 is 11.7 Å². The van der Waals surface area contributed by atoms with Gasteiger partial charge in [0.2, 0.25) is 5.91 Å². The van der Waals surface area contributed by atoms with Crippen LogP contribution in [0.5, 0.6) is 0 Å². The van der Waals surface area contributed by atoms with E-state index in [0.29, 0.717) is 23.4 Å². The molecule has 5 nitrogen and oxygen atoms in total. The number of aromatic nitrogens is 2. The Morgan fingerprint density at radius 1 is 1.09 bits per heavy atom. The molecule has 4 rings (SSSR count). The van der Waals surface area contributed by atoms with Crippen molar-refractivity contribution in [1.29, 1.82) is 0 Å². The van der Waals surface area contributed by atoms with Crippen molar-refractivity contribution in [2.24, 2.45) is 0 Å². The Morgan fingerprint density at radius 2 is 1.80 bits per heavy atom. The maximum absolute atomic E-state index is 13.3. The molecule has 0 saturated carbocycles. The monoisotopic (exact) mass is 504 g/mol. The van der Waals surface area contributed by atoms with Gasteiger partial charge in [-0.15, -0.1) is 0 Å². The van der Waals surface area contributed by atoms with E-state index in [4.69, 9.17) is 0 Å². The minimum Gasteiger partial charge on any atom is -0.349 e. The van der Waals surface area contributed by atoms with Crippen LogP contribution in [0.4, 0.5) is 17.6 Å². The van der Waals surface area contributed by atoms with E-state index >= 15 is 0 Å². The number of benzene rings is 2. The number of amides is 1. The quantitative estimate of drug-likeness (QED) is 0.322. The molecular formula is C25H24F4N4OS. The van der Waals surface area contributed by atoms with Crippen molar-refractivity contribution < 1.29 is 22.4 Å². The van der Waals surface area contributed by atoms with Crippen molar-refractivity contribution >= 4 is 17.9 Å². The molecule has 2 heterocycles. The van der Waals surface area contributed by atoms with Crippen molar-refractivity contribution in [2.45, 2.75) is 55.9 Å². The van der Waals surface area contributed by atoms with Gasteiger partial charge < -0.3 is 5.32 Å². The third-order valence-electron chi connectivity index (χ3n) is 5.91. The summed E-state index contributed by atoms with van der Waals surface area (Å²) in [6.07, 6.45) is -0.596. The van der Waals surface area contributed by atoms with Crippen LogP contribution in [0.2, 0.25) is 0 Å². The lowest BCUT2D eigenvalue weighted by Crippen LogP contribution is -2.42. The van der Waals surface area contributed by atoms with Crippen LogP contribution in [-0.4, -0.2) is 32.3 Å². The molecule has 1 aliphatic rings. The van der Waals surface area contributed by atoms with Gasteiger partial charge in [0.25, 0.3) is 0 Å². The summed E-state index contributed by atoms with van der Waals surface area (Å²) in [5, 5.41) is 2.93. The molecule has 184 valence electrons. The van der Waals surface area contributed by atoms with Gasteiger partial charge >= 0.3 is 6.18 Å². The maximum atomic E-state index is 13.3. The van der Waals surface area contributed by atoms with Crippen LogP contribution in [0.25, 0.3) is 11.3 Å². The molecule has 1 aromatic heterocycles. The molecule has 1 N–H and O–H groups in total. The summed E-state index contributed by atoms with van der Waals surface area (Å²) in [6.45, 7) is 2.24. The highest BCUT2D eigenvalue weighted by Crippen LogP contribution is 2.37. The average Bonchev–Trinajstić information content (AvgIpc) is 3.26. The number of carbonyl (C=O) groups is 1. The molecule has 1 fully saturated rings. The van der Waals surface area contributed by atoms with E-state index in [0.717, 1.165) is 29.9 Å². The Labute approximate surface area is 205 Å². The molecular weight excluding hydrogens is 480 g/mol. The Kier molecular flexibility index (Phi) is 7.71. The molecule has 10 heteroatoms. The Morgan fingerprint density at radius 3 is 2.46 bits per heavy atom. The van der Waals surface area contributed by atoms with Crippen LogP contribution in [-0.2, 0) is 17.5 Å². The van der Waals surface area contributed by atoms with Crippen LogP contribution in [0.15, 0.2) is 65.8 Å². The van der Waals surface area contributed by atoms with Gasteiger partial charge in [-0.1, -0.05) is 19.1 Å². The third kappa shape index (κ3) is 6.18. The SMILES string of the molecule is CC[C@@H]1CCC(C(=O)NCc2cc(-c3ccc(C(F)(F)F)cc3)ncn2)N1Sc1ccc(F)cc1. The highest BCUT2D eigenvalue weighted by atomic mass is 32.2. The number of hydrogen-bond donors (Lipinski definition) is 1. The maximum Gasteiger partial charge on any atom is 0.416 e. The molecule has 1 amide bonds. The predicted molar refractivity (Wildman–Crippen MR) is 126 cm³/mol. The van der Waals surface area contributed by atoms with Gasteiger partial charge in [-0.25, -0.2) is 18.7 Å². The lowest BCUT2D eigenvalue weighted by molar-refractivity contribution is -0.137. The molecule has 1 aliphatic heterocycles. The van der Waals surface area contributed by atoms with E-state index in [1.54, 1.807) is 18.2 Å². The second kappa shape index (κ2) is 10.7. The fourth-order valence-corrected chi connectivity index (χ4v) is 5.26. The minimum atomic E-state index is -4.40. The van der Waals surface area contributed by atoms with Crippen molar-refractivity contribution in [2.75, 3.05) is 0 Å². The van der Waals surface area contributed by atoms with Crippen LogP contribution >= 0.6 is 11.9 Å². The number of carbonyl (C=O) groups excluding carboxylic acids is 1. The predicted octanol–water partition coefficient (Wildman–Crippen LogP) is 5.87. The van der Waals surface area contributed by atoms with Gasteiger partial charge in [-0.2, -0.15) is 13.2 Å². The highest BCUT2D eigenvalue weighted by Gasteiger charge is 2.37. The number of alkyl halides is 3. The van der Waals surface area contributed by atoms with Crippen LogP contribution in [0, 0.1) is 5.82 Å². The van der Waals surface area contributed by atoms with Gasteiger partial charge in [0.1, 0.15) is 12.1 Å². The lowest BCUT2D eigenvalue weighted by atomic mass is 10.1. The van der Waals surface area contributed by atoms with E-state index in [1.807, 2.05) is 0 Å². The van der Waals surface area contributed by atoms with Gasteiger partial charge in [0, 0.05) is 16.5 Å². The van der Waals surface area contributed by atoms with E-state index in [2.05, 4.69) is 26.5 Å². The minimum absolute atomic E-state index is 0.134. The summed E-state index contributed by atoms with van der Waals surface area (Å²) in [5.41, 5.74) is 0.814. The summed E-state index contributed by atoms with van der Waals surface area (Å²) in [6, 6.07) is 12.5. The fraction of sp³-hybridized carbons (Fsp3) is 0.320. The number of halogens is 4. The number of nitrogens with zero attached hydrogens (tertiary/aromatic N) is 3. The normalized spacial score (nSPS) is 18.5. The highest BCUT2D eigenvalue weighted by molar-refractivity contribution is 7.97. The molecule has 0 spiro atoms. The molecule has 35 heavy (non-hydrogen) atoms. The zero-order valence-corrected chi connectivity index (χ0v) is 19.7. The van der Waals surface area contributed by atoms with Crippen molar-refractivity contribution in [3.05, 3.63) is 78.0 Å². The molecule has 2 atom stereocenters. The smallest absolute Gasteiger partial charge is 0.349 e. The Hall–Kier alpha value is -2.98. The van der Waals surface area contributed by atoms with Crippen LogP contribution < -0.4 is 5.32 Å². The lowest BCUT2D eigenvalue weighted by Gasteiger charge is -2.27. The first-order valence-electron chi connectivity index (χ1n) is 11.2. The second-order valence-electron chi connectivity index (χ2n) is 8.25. The van der Waals surface area contributed by atoms with Gasteiger partial charge in [-0.3, -0.25) is 4.79 Å². The van der Waals surface area contributed by atoms with E-state index in [9.17, 15) is 22.4 Å². The zero-order valence-electron chi connectivity index (χ0n) is 18.9. The summed E-state index contributed by atoms with van der Waals surface area (Å²) < 4.78 is 53.8. The molecule has 0 radical (unpaired) electrons.